The average molecular weight is 229 g/mol. The zero-order valence-corrected chi connectivity index (χ0v) is 10.7. The predicted molar refractivity (Wildman–Crippen MR) is 71.3 cm³/mol. The Balaban J connectivity index is 2.32. The average Bonchev–Trinajstić information content (AvgIpc) is 2.65. The van der Waals surface area contributed by atoms with E-state index in [1.165, 1.54) is 0 Å². The fourth-order valence-corrected chi connectivity index (χ4v) is 2.12. The number of aryl methyl sites for hydroxylation is 1. The summed E-state index contributed by atoms with van der Waals surface area (Å²) in [4.78, 5) is 12.2. The fraction of sp³-hybridized carbons (Fsp3) is 0.400. The van der Waals surface area contributed by atoms with Gasteiger partial charge in [-0.1, -0.05) is 32.0 Å². The van der Waals surface area contributed by atoms with Crippen molar-refractivity contribution in [1.29, 1.82) is 0 Å². The van der Waals surface area contributed by atoms with Gasteiger partial charge in [0.1, 0.15) is 0 Å². The topological polar surface area (TPSA) is 22.0 Å². The van der Waals surface area contributed by atoms with Crippen LogP contribution in [0.25, 0.3) is 10.9 Å². The molecule has 90 valence electrons. The lowest BCUT2D eigenvalue weighted by molar-refractivity contribution is 0.0977. The molecule has 2 nitrogen and oxygen atoms in total. The Morgan fingerprint density at radius 3 is 2.71 bits per heavy atom. The van der Waals surface area contributed by atoms with Crippen LogP contribution in [0, 0.1) is 5.92 Å². The van der Waals surface area contributed by atoms with Crippen molar-refractivity contribution >= 4 is 16.7 Å². The molecule has 0 unspecified atom stereocenters. The van der Waals surface area contributed by atoms with Crippen molar-refractivity contribution in [2.45, 2.75) is 26.7 Å². The van der Waals surface area contributed by atoms with Gasteiger partial charge in [0, 0.05) is 36.1 Å². The Hall–Kier alpha value is -1.57. The lowest BCUT2D eigenvalue weighted by Gasteiger charge is -2.02. The maximum absolute atomic E-state index is 12.2. The zero-order valence-electron chi connectivity index (χ0n) is 10.7. The molecular weight excluding hydrogens is 210 g/mol. The SMILES string of the molecule is CC(C)CCC(=O)c1cn(C)c2ccccc12. The normalized spacial score (nSPS) is 11.3. The van der Waals surface area contributed by atoms with Crippen molar-refractivity contribution in [2.24, 2.45) is 13.0 Å². The molecule has 0 spiro atoms. The van der Waals surface area contributed by atoms with Gasteiger partial charge in [-0.25, -0.2) is 0 Å². The number of carbonyl (C=O) groups excluding carboxylic acids is 1. The van der Waals surface area contributed by atoms with E-state index < -0.39 is 0 Å². The van der Waals surface area contributed by atoms with Gasteiger partial charge in [-0.15, -0.1) is 0 Å². The molecular formula is C15H19NO. The Kier molecular flexibility index (Phi) is 3.32. The molecule has 0 aliphatic heterocycles. The van der Waals surface area contributed by atoms with Gasteiger partial charge in [-0.05, 0) is 18.4 Å². The van der Waals surface area contributed by atoms with E-state index in [0.29, 0.717) is 12.3 Å². The van der Waals surface area contributed by atoms with Gasteiger partial charge >= 0.3 is 0 Å². The first kappa shape index (κ1) is 11.9. The van der Waals surface area contributed by atoms with E-state index >= 15 is 0 Å². The molecule has 0 aliphatic carbocycles. The van der Waals surface area contributed by atoms with E-state index in [0.717, 1.165) is 22.9 Å². The number of nitrogens with zero attached hydrogens (tertiary/aromatic N) is 1. The summed E-state index contributed by atoms with van der Waals surface area (Å²) in [5.41, 5.74) is 1.99. The zero-order chi connectivity index (χ0) is 12.4. The molecule has 0 amide bonds. The standard InChI is InChI=1S/C15H19NO/c1-11(2)8-9-15(17)13-10-16(3)14-7-5-4-6-12(13)14/h4-7,10-11H,8-9H2,1-3H3. The number of hydrogen-bond acceptors (Lipinski definition) is 1. The smallest absolute Gasteiger partial charge is 0.165 e. The lowest BCUT2D eigenvalue weighted by Crippen LogP contribution is -2.00. The van der Waals surface area contributed by atoms with Crippen LogP contribution in [0.2, 0.25) is 0 Å². The van der Waals surface area contributed by atoms with Gasteiger partial charge in [-0.2, -0.15) is 0 Å². The van der Waals surface area contributed by atoms with Crippen LogP contribution in [0.4, 0.5) is 0 Å². The number of hydrogen-bond donors (Lipinski definition) is 0. The lowest BCUT2D eigenvalue weighted by atomic mass is 10.0. The van der Waals surface area contributed by atoms with Crippen LogP contribution in [-0.2, 0) is 7.05 Å². The first-order valence-electron chi connectivity index (χ1n) is 6.17. The van der Waals surface area contributed by atoms with Crippen molar-refractivity contribution in [3.05, 3.63) is 36.0 Å². The molecule has 0 aliphatic rings. The van der Waals surface area contributed by atoms with Crippen LogP contribution < -0.4 is 0 Å². The van der Waals surface area contributed by atoms with Crippen LogP contribution in [0.3, 0.4) is 0 Å². The summed E-state index contributed by atoms with van der Waals surface area (Å²) in [5.74, 6) is 0.837. The number of aromatic nitrogens is 1. The highest BCUT2D eigenvalue weighted by Crippen LogP contribution is 2.22. The van der Waals surface area contributed by atoms with Crippen LogP contribution in [-0.4, -0.2) is 10.4 Å². The molecule has 1 aromatic heterocycles. The van der Waals surface area contributed by atoms with Gasteiger partial charge in [0.2, 0.25) is 0 Å². The molecule has 0 radical (unpaired) electrons. The number of fused-ring (bicyclic) bond motifs is 1. The van der Waals surface area contributed by atoms with E-state index in [-0.39, 0.29) is 5.78 Å². The number of carbonyl (C=O) groups is 1. The van der Waals surface area contributed by atoms with Gasteiger partial charge in [-0.3, -0.25) is 4.79 Å². The minimum Gasteiger partial charge on any atom is -0.350 e. The summed E-state index contributed by atoms with van der Waals surface area (Å²) in [5, 5.41) is 1.07. The number of rotatable bonds is 4. The molecule has 2 heteroatoms. The number of benzene rings is 1. The fourth-order valence-electron chi connectivity index (χ4n) is 2.12. The van der Waals surface area contributed by atoms with E-state index in [4.69, 9.17) is 0 Å². The molecule has 1 heterocycles. The maximum Gasteiger partial charge on any atom is 0.165 e. The van der Waals surface area contributed by atoms with Crippen molar-refractivity contribution < 1.29 is 4.79 Å². The molecule has 0 saturated carbocycles. The molecule has 0 bridgehead atoms. The van der Waals surface area contributed by atoms with Crippen LogP contribution in [0.15, 0.2) is 30.5 Å². The second kappa shape index (κ2) is 4.74. The van der Waals surface area contributed by atoms with Gasteiger partial charge in [0.05, 0.1) is 0 Å². The van der Waals surface area contributed by atoms with Crippen molar-refractivity contribution in [3.8, 4) is 0 Å². The Morgan fingerprint density at radius 2 is 2.00 bits per heavy atom. The summed E-state index contributed by atoms with van der Waals surface area (Å²) in [6.45, 7) is 4.30. The maximum atomic E-state index is 12.2. The van der Waals surface area contributed by atoms with E-state index in [1.807, 2.05) is 36.0 Å². The van der Waals surface area contributed by atoms with Gasteiger partial charge in [0.25, 0.3) is 0 Å². The van der Waals surface area contributed by atoms with E-state index in [2.05, 4.69) is 19.9 Å². The number of para-hydroxylation sites is 1. The van der Waals surface area contributed by atoms with Crippen molar-refractivity contribution in [2.75, 3.05) is 0 Å². The third-order valence-electron chi connectivity index (χ3n) is 3.15. The summed E-state index contributed by atoms with van der Waals surface area (Å²) in [7, 11) is 1.99. The third-order valence-corrected chi connectivity index (χ3v) is 3.15. The highest BCUT2D eigenvalue weighted by atomic mass is 16.1. The quantitative estimate of drug-likeness (QED) is 0.731. The molecule has 1 aromatic carbocycles. The van der Waals surface area contributed by atoms with Crippen molar-refractivity contribution in [1.82, 2.24) is 4.57 Å². The van der Waals surface area contributed by atoms with E-state index in [1.54, 1.807) is 0 Å². The first-order chi connectivity index (χ1) is 8.09. The molecule has 0 fully saturated rings. The summed E-state index contributed by atoms with van der Waals surface area (Å²) < 4.78 is 2.03. The Labute approximate surface area is 102 Å². The molecule has 0 atom stereocenters. The molecule has 17 heavy (non-hydrogen) atoms. The molecule has 2 rings (SSSR count). The predicted octanol–water partition coefficient (Wildman–Crippen LogP) is 3.80. The summed E-state index contributed by atoms with van der Waals surface area (Å²) in [6, 6.07) is 8.07. The molecule has 0 N–H and O–H groups in total. The second-order valence-electron chi connectivity index (χ2n) is 5.03. The minimum absolute atomic E-state index is 0.260. The Morgan fingerprint density at radius 1 is 1.29 bits per heavy atom. The van der Waals surface area contributed by atoms with Gasteiger partial charge < -0.3 is 4.57 Å². The van der Waals surface area contributed by atoms with Crippen LogP contribution in [0.1, 0.15) is 37.0 Å². The minimum atomic E-state index is 0.260. The number of ketones is 1. The summed E-state index contributed by atoms with van der Waals surface area (Å²) >= 11 is 0. The number of Topliss-reactive ketones (excluding diaryl/α,β-unsaturated/α-hetero) is 1. The second-order valence-corrected chi connectivity index (χ2v) is 5.03. The van der Waals surface area contributed by atoms with Crippen LogP contribution >= 0.6 is 0 Å². The summed E-state index contributed by atoms with van der Waals surface area (Å²) in [6.07, 6.45) is 3.56. The monoisotopic (exact) mass is 229 g/mol. The molecule has 0 saturated heterocycles. The third kappa shape index (κ3) is 2.41. The largest absolute Gasteiger partial charge is 0.350 e. The highest BCUT2D eigenvalue weighted by molar-refractivity contribution is 6.08. The Bertz CT molecular complexity index is 537. The van der Waals surface area contributed by atoms with E-state index in [9.17, 15) is 4.79 Å². The molecule has 2 aromatic rings. The van der Waals surface area contributed by atoms with Gasteiger partial charge in [0.15, 0.2) is 5.78 Å². The highest BCUT2D eigenvalue weighted by Gasteiger charge is 2.13. The van der Waals surface area contributed by atoms with Crippen LogP contribution in [0.5, 0.6) is 0 Å². The van der Waals surface area contributed by atoms with Crippen molar-refractivity contribution in [3.63, 3.8) is 0 Å². The first-order valence-corrected chi connectivity index (χ1v) is 6.17.